The number of thiocarbonyl (C=S) groups is 1. The lowest BCUT2D eigenvalue weighted by atomic mass is 10.1. The van der Waals surface area contributed by atoms with Crippen molar-refractivity contribution in [1.82, 2.24) is 9.88 Å². The van der Waals surface area contributed by atoms with Gasteiger partial charge in [-0.25, -0.2) is 0 Å². The summed E-state index contributed by atoms with van der Waals surface area (Å²) in [7, 11) is 1.84. The number of benzene rings is 1. The van der Waals surface area contributed by atoms with Crippen LogP contribution in [0.4, 0.5) is 5.69 Å². The molecule has 1 N–H and O–H groups in total. The monoisotopic (exact) mass is 355 g/mol. The molecule has 0 saturated carbocycles. The van der Waals surface area contributed by atoms with Gasteiger partial charge in [0.05, 0.1) is 12.3 Å². The zero-order valence-electron chi connectivity index (χ0n) is 13.9. The van der Waals surface area contributed by atoms with Gasteiger partial charge in [0.1, 0.15) is 11.3 Å². The van der Waals surface area contributed by atoms with Crippen LogP contribution in [0.15, 0.2) is 48.2 Å². The molecular formula is C18H17N3O3S. The molecule has 0 unspecified atom stereocenters. The molecule has 0 spiro atoms. The van der Waals surface area contributed by atoms with E-state index in [1.807, 2.05) is 36.9 Å². The molecule has 1 aromatic carbocycles. The van der Waals surface area contributed by atoms with Crippen molar-refractivity contribution in [3.8, 4) is 5.75 Å². The van der Waals surface area contributed by atoms with Crippen LogP contribution in [0.2, 0.25) is 0 Å². The Bertz CT molecular complexity index is 885. The van der Waals surface area contributed by atoms with Gasteiger partial charge in [-0.05, 0) is 49.5 Å². The standard InChI is InChI=1S/C18H17N3O3S/c1-3-24-14-8-4-6-13(10-14)21-17(23)15(16(22)19-18(21)25)11-12-7-5-9-20(12)2/h4-11H,3H2,1-2H3,(H,19,22,25)/b15-11+. The average Bonchev–Trinajstić information content (AvgIpc) is 2.97. The zero-order valence-corrected chi connectivity index (χ0v) is 14.7. The first-order valence-corrected chi connectivity index (χ1v) is 8.17. The van der Waals surface area contributed by atoms with Gasteiger partial charge in [0, 0.05) is 25.0 Å². The summed E-state index contributed by atoms with van der Waals surface area (Å²) in [4.78, 5) is 26.5. The Morgan fingerprint density at radius 3 is 2.72 bits per heavy atom. The Morgan fingerprint density at radius 1 is 1.24 bits per heavy atom. The van der Waals surface area contributed by atoms with Crippen molar-refractivity contribution in [1.29, 1.82) is 0 Å². The predicted octanol–water partition coefficient (Wildman–Crippen LogP) is 2.26. The van der Waals surface area contributed by atoms with E-state index in [9.17, 15) is 9.59 Å². The van der Waals surface area contributed by atoms with Crippen molar-refractivity contribution in [2.24, 2.45) is 7.05 Å². The molecule has 0 aliphatic carbocycles. The number of nitrogens with one attached hydrogen (secondary N) is 1. The Morgan fingerprint density at radius 2 is 2.04 bits per heavy atom. The molecule has 25 heavy (non-hydrogen) atoms. The average molecular weight is 355 g/mol. The number of aryl methyl sites for hydroxylation is 1. The number of rotatable bonds is 4. The van der Waals surface area contributed by atoms with Gasteiger partial charge in [-0.3, -0.25) is 19.8 Å². The lowest BCUT2D eigenvalue weighted by molar-refractivity contribution is -0.122. The number of ether oxygens (including phenoxy) is 1. The maximum atomic E-state index is 12.9. The second-order valence-corrected chi connectivity index (χ2v) is 5.82. The molecule has 1 fully saturated rings. The first kappa shape index (κ1) is 16.9. The topological polar surface area (TPSA) is 63.6 Å². The minimum Gasteiger partial charge on any atom is -0.494 e. The lowest BCUT2D eigenvalue weighted by Crippen LogP contribution is -2.54. The molecule has 2 aromatic rings. The summed E-state index contributed by atoms with van der Waals surface area (Å²) >= 11 is 5.20. The number of hydrogen-bond acceptors (Lipinski definition) is 4. The highest BCUT2D eigenvalue weighted by molar-refractivity contribution is 7.80. The smallest absolute Gasteiger partial charge is 0.270 e. The summed E-state index contributed by atoms with van der Waals surface area (Å²) in [6, 6.07) is 10.7. The molecule has 3 rings (SSSR count). The Hall–Kier alpha value is -2.93. The fraction of sp³-hybridized carbons (Fsp3) is 0.167. The van der Waals surface area contributed by atoms with Gasteiger partial charge in [0.15, 0.2) is 5.11 Å². The third-order valence-electron chi connectivity index (χ3n) is 3.76. The van der Waals surface area contributed by atoms with Crippen LogP contribution in [-0.4, -0.2) is 28.1 Å². The molecule has 1 aromatic heterocycles. The summed E-state index contributed by atoms with van der Waals surface area (Å²) in [6.45, 7) is 2.39. The van der Waals surface area contributed by atoms with E-state index in [1.54, 1.807) is 30.3 Å². The molecule has 1 saturated heterocycles. The summed E-state index contributed by atoms with van der Waals surface area (Å²) in [5.74, 6) is -0.350. The highest BCUT2D eigenvalue weighted by Gasteiger charge is 2.34. The van der Waals surface area contributed by atoms with Crippen LogP contribution in [0.5, 0.6) is 5.75 Å². The fourth-order valence-corrected chi connectivity index (χ4v) is 2.82. The van der Waals surface area contributed by atoms with Crippen LogP contribution in [0.1, 0.15) is 12.6 Å². The molecule has 1 aliphatic heterocycles. The van der Waals surface area contributed by atoms with Crippen molar-refractivity contribution in [3.63, 3.8) is 0 Å². The van der Waals surface area contributed by atoms with E-state index in [0.717, 1.165) is 5.69 Å². The fourth-order valence-electron chi connectivity index (χ4n) is 2.54. The van der Waals surface area contributed by atoms with Crippen molar-refractivity contribution in [2.75, 3.05) is 11.5 Å². The molecular weight excluding hydrogens is 338 g/mol. The highest BCUT2D eigenvalue weighted by atomic mass is 32.1. The van der Waals surface area contributed by atoms with Gasteiger partial charge in [-0.2, -0.15) is 0 Å². The maximum Gasteiger partial charge on any atom is 0.270 e. The summed E-state index contributed by atoms with van der Waals surface area (Å²) < 4.78 is 7.29. The SMILES string of the molecule is CCOc1cccc(N2C(=O)/C(=C/c3cccn3C)C(=O)NC2=S)c1. The minimum absolute atomic E-state index is 0.0252. The largest absolute Gasteiger partial charge is 0.494 e. The number of aromatic nitrogens is 1. The van der Waals surface area contributed by atoms with E-state index < -0.39 is 11.8 Å². The van der Waals surface area contributed by atoms with Crippen LogP contribution >= 0.6 is 12.2 Å². The minimum atomic E-state index is -0.506. The number of carbonyl (C=O) groups excluding carboxylic acids is 2. The first-order chi connectivity index (χ1) is 12.0. The van der Waals surface area contributed by atoms with E-state index in [2.05, 4.69) is 5.32 Å². The summed E-state index contributed by atoms with van der Waals surface area (Å²) in [5, 5.41) is 2.62. The number of nitrogens with zero attached hydrogens (tertiary/aromatic N) is 2. The maximum absolute atomic E-state index is 12.9. The van der Waals surface area contributed by atoms with E-state index in [4.69, 9.17) is 17.0 Å². The Labute approximate surface area is 150 Å². The van der Waals surface area contributed by atoms with Gasteiger partial charge in [-0.1, -0.05) is 6.07 Å². The number of amides is 2. The van der Waals surface area contributed by atoms with Crippen LogP contribution in [-0.2, 0) is 16.6 Å². The predicted molar refractivity (Wildman–Crippen MR) is 99.2 cm³/mol. The van der Waals surface area contributed by atoms with Crippen LogP contribution < -0.4 is 15.0 Å². The summed E-state index contributed by atoms with van der Waals surface area (Å²) in [5.41, 5.74) is 1.31. The lowest BCUT2D eigenvalue weighted by Gasteiger charge is -2.29. The van der Waals surface area contributed by atoms with Crippen molar-refractivity contribution in [3.05, 3.63) is 53.9 Å². The van der Waals surface area contributed by atoms with Gasteiger partial charge in [0.2, 0.25) is 0 Å². The normalized spacial score (nSPS) is 16.3. The van der Waals surface area contributed by atoms with Crippen LogP contribution in [0, 0.1) is 0 Å². The molecule has 2 amide bonds. The Balaban J connectivity index is 2.00. The van der Waals surface area contributed by atoms with Crippen molar-refractivity contribution >= 4 is 40.9 Å². The number of carbonyl (C=O) groups is 2. The molecule has 0 bridgehead atoms. The van der Waals surface area contributed by atoms with Crippen molar-refractivity contribution < 1.29 is 14.3 Å². The van der Waals surface area contributed by atoms with E-state index in [1.165, 1.54) is 4.90 Å². The molecule has 1 aliphatic rings. The van der Waals surface area contributed by atoms with E-state index in [-0.39, 0.29) is 10.7 Å². The third kappa shape index (κ3) is 3.32. The van der Waals surface area contributed by atoms with E-state index >= 15 is 0 Å². The van der Waals surface area contributed by atoms with Gasteiger partial charge in [-0.15, -0.1) is 0 Å². The second-order valence-electron chi connectivity index (χ2n) is 5.43. The number of anilines is 1. The van der Waals surface area contributed by atoms with Crippen LogP contribution in [0.25, 0.3) is 6.08 Å². The molecule has 128 valence electrons. The second kappa shape index (κ2) is 6.90. The summed E-state index contributed by atoms with van der Waals surface area (Å²) in [6.07, 6.45) is 3.39. The van der Waals surface area contributed by atoms with E-state index in [0.29, 0.717) is 18.0 Å². The molecule has 7 heteroatoms. The van der Waals surface area contributed by atoms with Crippen LogP contribution in [0.3, 0.4) is 0 Å². The number of hydrogen-bond donors (Lipinski definition) is 1. The quantitative estimate of drug-likeness (QED) is 0.519. The molecule has 2 heterocycles. The van der Waals surface area contributed by atoms with Gasteiger partial charge < -0.3 is 9.30 Å². The van der Waals surface area contributed by atoms with Gasteiger partial charge in [0.25, 0.3) is 11.8 Å². The van der Waals surface area contributed by atoms with Crippen molar-refractivity contribution in [2.45, 2.75) is 6.92 Å². The zero-order chi connectivity index (χ0) is 18.0. The molecule has 0 radical (unpaired) electrons. The molecule has 0 atom stereocenters. The third-order valence-corrected chi connectivity index (χ3v) is 4.05. The highest BCUT2D eigenvalue weighted by Crippen LogP contribution is 2.25. The van der Waals surface area contributed by atoms with Gasteiger partial charge >= 0.3 is 0 Å². The first-order valence-electron chi connectivity index (χ1n) is 7.77. The molecule has 6 nitrogen and oxygen atoms in total. The Kier molecular flexibility index (Phi) is 4.67.